The van der Waals surface area contributed by atoms with Gasteiger partial charge in [-0.1, -0.05) is 17.7 Å². The number of benzene rings is 2. The maximum atomic E-state index is 12.3. The maximum Gasteiger partial charge on any atom is 0.269 e. The standard InChI is InChI=1S/C17H17N3O3S/c1-10-4-6-14(11(2)8-10)16(21)19-17(24)18-15-7-5-13(20(22)23)9-12(15)3/h4-9H,1-3H3,(H2,18,19,21,24). The molecule has 0 fully saturated rings. The van der Waals surface area contributed by atoms with Gasteiger partial charge in [0.25, 0.3) is 11.6 Å². The number of nitrogens with zero attached hydrogens (tertiary/aromatic N) is 1. The molecule has 0 aromatic heterocycles. The number of carbonyl (C=O) groups excluding carboxylic acids is 1. The summed E-state index contributed by atoms with van der Waals surface area (Å²) in [6, 6.07) is 9.91. The van der Waals surface area contributed by atoms with Gasteiger partial charge < -0.3 is 5.32 Å². The molecule has 0 aliphatic carbocycles. The summed E-state index contributed by atoms with van der Waals surface area (Å²) in [6.07, 6.45) is 0. The molecule has 0 bridgehead atoms. The fourth-order valence-corrected chi connectivity index (χ4v) is 2.50. The van der Waals surface area contributed by atoms with Gasteiger partial charge in [0.1, 0.15) is 0 Å². The molecule has 2 rings (SSSR count). The van der Waals surface area contributed by atoms with Crippen LogP contribution >= 0.6 is 12.2 Å². The minimum atomic E-state index is -0.461. The third-order valence-corrected chi connectivity index (χ3v) is 3.73. The Labute approximate surface area is 145 Å². The first kappa shape index (κ1) is 17.6. The van der Waals surface area contributed by atoms with E-state index in [1.165, 1.54) is 12.1 Å². The Bertz CT molecular complexity index is 834. The number of amides is 1. The van der Waals surface area contributed by atoms with Crippen LogP contribution in [-0.4, -0.2) is 15.9 Å². The predicted molar refractivity (Wildman–Crippen MR) is 97.4 cm³/mol. The predicted octanol–water partition coefficient (Wildman–Crippen LogP) is 3.65. The molecule has 6 nitrogen and oxygen atoms in total. The molecule has 24 heavy (non-hydrogen) atoms. The number of hydrogen-bond acceptors (Lipinski definition) is 4. The first-order valence-corrected chi connectivity index (χ1v) is 7.63. The van der Waals surface area contributed by atoms with Crippen molar-refractivity contribution in [3.63, 3.8) is 0 Å². The molecule has 2 N–H and O–H groups in total. The van der Waals surface area contributed by atoms with E-state index in [0.717, 1.165) is 11.1 Å². The molecule has 0 unspecified atom stereocenters. The number of nitrogens with one attached hydrogen (secondary N) is 2. The summed E-state index contributed by atoms with van der Waals surface area (Å²) in [4.78, 5) is 22.6. The van der Waals surface area contributed by atoms with Crippen molar-refractivity contribution in [3.8, 4) is 0 Å². The van der Waals surface area contributed by atoms with E-state index < -0.39 is 4.92 Å². The van der Waals surface area contributed by atoms with Crippen molar-refractivity contribution in [2.45, 2.75) is 20.8 Å². The number of nitro groups is 1. The average Bonchev–Trinajstić information content (AvgIpc) is 2.48. The van der Waals surface area contributed by atoms with E-state index in [9.17, 15) is 14.9 Å². The average molecular weight is 343 g/mol. The highest BCUT2D eigenvalue weighted by Gasteiger charge is 2.12. The normalized spacial score (nSPS) is 10.1. The second kappa shape index (κ2) is 7.18. The molecular weight excluding hydrogens is 326 g/mol. The Morgan fingerprint density at radius 3 is 2.38 bits per heavy atom. The number of carbonyl (C=O) groups is 1. The summed E-state index contributed by atoms with van der Waals surface area (Å²) in [7, 11) is 0. The largest absolute Gasteiger partial charge is 0.332 e. The minimum absolute atomic E-state index is 0.00304. The highest BCUT2D eigenvalue weighted by Crippen LogP contribution is 2.21. The Morgan fingerprint density at radius 2 is 1.79 bits per heavy atom. The lowest BCUT2D eigenvalue weighted by Crippen LogP contribution is -2.34. The van der Waals surface area contributed by atoms with E-state index in [0.29, 0.717) is 16.8 Å². The summed E-state index contributed by atoms with van der Waals surface area (Å²) < 4.78 is 0. The summed E-state index contributed by atoms with van der Waals surface area (Å²) in [6.45, 7) is 5.54. The smallest absolute Gasteiger partial charge is 0.269 e. The van der Waals surface area contributed by atoms with Crippen molar-refractivity contribution < 1.29 is 9.72 Å². The second-order valence-electron chi connectivity index (χ2n) is 5.48. The van der Waals surface area contributed by atoms with Crippen molar-refractivity contribution >= 4 is 34.6 Å². The highest BCUT2D eigenvalue weighted by atomic mass is 32.1. The lowest BCUT2D eigenvalue weighted by molar-refractivity contribution is -0.384. The van der Waals surface area contributed by atoms with Gasteiger partial charge in [0.15, 0.2) is 5.11 Å². The van der Waals surface area contributed by atoms with Crippen LogP contribution in [0.5, 0.6) is 0 Å². The number of non-ortho nitro benzene ring substituents is 1. The van der Waals surface area contributed by atoms with Crippen molar-refractivity contribution in [3.05, 3.63) is 68.8 Å². The van der Waals surface area contributed by atoms with E-state index in [1.54, 1.807) is 19.1 Å². The summed E-state index contributed by atoms with van der Waals surface area (Å²) in [5, 5.41) is 16.4. The van der Waals surface area contributed by atoms with Gasteiger partial charge in [-0.05, 0) is 56.2 Å². The summed E-state index contributed by atoms with van der Waals surface area (Å²) >= 11 is 5.15. The van der Waals surface area contributed by atoms with E-state index in [1.807, 2.05) is 26.0 Å². The molecule has 0 saturated carbocycles. The van der Waals surface area contributed by atoms with Crippen LogP contribution in [0, 0.1) is 30.9 Å². The van der Waals surface area contributed by atoms with E-state index in [2.05, 4.69) is 10.6 Å². The Kier molecular flexibility index (Phi) is 5.25. The zero-order chi connectivity index (χ0) is 17.9. The van der Waals surface area contributed by atoms with Gasteiger partial charge in [-0.15, -0.1) is 0 Å². The molecule has 0 spiro atoms. The monoisotopic (exact) mass is 343 g/mol. The number of aryl methyl sites for hydroxylation is 3. The van der Waals surface area contributed by atoms with Gasteiger partial charge in [-0.25, -0.2) is 0 Å². The van der Waals surface area contributed by atoms with Crippen LogP contribution in [0.3, 0.4) is 0 Å². The van der Waals surface area contributed by atoms with Gasteiger partial charge in [0, 0.05) is 23.4 Å². The quantitative estimate of drug-likeness (QED) is 0.505. The molecule has 0 aliphatic heterocycles. The fourth-order valence-electron chi connectivity index (χ4n) is 2.29. The zero-order valence-electron chi connectivity index (χ0n) is 13.5. The molecule has 2 aromatic carbocycles. The van der Waals surface area contributed by atoms with Crippen molar-refractivity contribution in [1.82, 2.24) is 5.32 Å². The molecule has 124 valence electrons. The SMILES string of the molecule is Cc1ccc(C(=O)NC(=S)Nc2ccc([N+](=O)[O-])cc2C)c(C)c1. The first-order valence-electron chi connectivity index (χ1n) is 7.22. The number of rotatable bonds is 3. The zero-order valence-corrected chi connectivity index (χ0v) is 14.4. The first-order chi connectivity index (χ1) is 11.3. The summed E-state index contributed by atoms with van der Waals surface area (Å²) in [5.41, 5.74) is 3.75. The highest BCUT2D eigenvalue weighted by molar-refractivity contribution is 7.80. The van der Waals surface area contributed by atoms with Gasteiger partial charge in [-0.2, -0.15) is 0 Å². The molecule has 2 aromatic rings. The maximum absolute atomic E-state index is 12.3. The van der Waals surface area contributed by atoms with E-state index in [-0.39, 0.29) is 16.7 Å². The lowest BCUT2D eigenvalue weighted by Gasteiger charge is -2.12. The van der Waals surface area contributed by atoms with Crippen LogP contribution in [0.4, 0.5) is 11.4 Å². The second-order valence-corrected chi connectivity index (χ2v) is 5.89. The molecule has 0 saturated heterocycles. The number of nitro benzene ring substituents is 1. The number of hydrogen-bond donors (Lipinski definition) is 2. The third kappa shape index (κ3) is 4.14. The van der Waals surface area contributed by atoms with Crippen molar-refractivity contribution in [1.29, 1.82) is 0 Å². The van der Waals surface area contributed by atoms with E-state index >= 15 is 0 Å². The number of thiocarbonyl (C=S) groups is 1. The minimum Gasteiger partial charge on any atom is -0.332 e. The van der Waals surface area contributed by atoms with Crippen LogP contribution < -0.4 is 10.6 Å². The molecule has 0 radical (unpaired) electrons. The molecular formula is C17H17N3O3S. The number of anilines is 1. The van der Waals surface area contributed by atoms with Gasteiger partial charge in [0.2, 0.25) is 0 Å². The van der Waals surface area contributed by atoms with Gasteiger partial charge in [-0.3, -0.25) is 20.2 Å². The van der Waals surface area contributed by atoms with Crippen molar-refractivity contribution in [2.75, 3.05) is 5.32 Å². The Balaban J connectivity index is 2.08. The third-order valence-electron chi connectivity index (χ3n) is 3.52. The fraction of sp³-hybridized carbons (Fsp3) is 0.176. The molecule has 0 heterocycles. The molecule has 7 heteroatoms. The molecule has 0 atom stereocenters. The van der Waals surface area contributed by atoms with Crippen LogP contribution in [-0.2, 0) is 0 Å². The lowest BCUT2D eigenvalue weighted by atomic mass is 10.1. The van der Waals surface area contributed by atoms with Crippen LogP contribution in [0.25, 0.3) is 0 Å². The van der Waals surface area contributed by atoms with Gasteiger partial charge in [0.05, 0.1) is 4.92 Å². The Hall–Kier alpha value is -2.80. The molecule has 0 aliphatic rings. The van der Waals surface area contributed by atoms with Crippen LogP contribution in [0.2, 0.25) is 0 Å². The Morgan fingerprint density at radius 1 is 1.08 bits per heavy atom. The van der Waals surface area contributed by atoms with E-state index in [4.69, 9.17) is 12.2 Å². The summed E-state index contributed by atoms with van der Waals surface area (Å²) in [5.74, 6) is -0.301. The molecule has 1 amide bonds. The van der Waals surface area contributed by atoms with Gasteiger partial charge >= 0.3 is 0 Å². The van der Waals surface area contributed by atoms with Crippen LogP contribution in [0.1, 0.15) is 27.0 Å². The topological polar surface area (TPSA) is 84.3 Å². The van der Waals surface area contributed by atoms with Crippen molar-refractivity contribution in [2.24, 2.45) is 0 Å². The van der Waals surface area contributed by atoms with Crippen LogP contribution in [0.15, 0.2) is 36.4 Å².